The number of hydrogen-bond acceptors (Lipinski definition) is 5. The number of rotatable bonds is 5. The highest BCUT2D eigenvalue weighted by molar-refractivity contribution is 5.25. The smallest absolute Gasteiger partial charge is 0.173 e. The fraction of sp³-hybridized carbons (Fsp3) is 0.350. The Morgan fingerprint density at radius 2 is 1.67 bits per heavy atom. The van der Waals surface area contributed by atoms with E-state index in [0.717, 1.165) is 37.6 Å². The quantitative estimate of drug-likeness (QED) is 0.693. The predicted octanol–water partition coefficient (Wildman–Crippen LogP) is 2.20. The molecule has 2 heterocycles. The van der Waals surface area contributed by atoms with E-state index >= 15 is 0 Å². The SMILES string of the molecule is CN1CCN([C@@H](c2ccccc2)c2nnnn2Cc2ccc(F)cc2)CC1. The summed E-state index contributed by atoms with van der Waals surface area (Å²) in [6.45, 7) is 4.46. The van der Waals surface area contributed by atoms with Crippen LogP contribution in [0.2, 0.25) is 0 Å². The van der Waals surface area contributed by atoms with Gasteiger partial charge in [0.15, 0.2) is 5.82 Å². The van der Waals surface area contributed by atoms with Crippen LogP contribution < -0.4 is 0 Å². The van der Waals surface area contributed by atoms with Gasteiger partial charge in [0.2, 0.25) is 0 Å². The third kappa shape index (κ3) is 4.04. The second kappa shape index (κ2) is 7.94. The van der Waals surface area contributed by atoms with Crippen molar-refractivity contribution >= 4 is 0 Å². The van der Waals surface area contributed by atoms with E-state index in [1.54, 1.807) is 12.1 Å². The van der Waals surface area contributed by atoms with Crippen molar-refractivity contribution in [2.24, 2.45) is 0 Å². The number of halogens is 1. The summed E-state index contributed by atoms with van der Waals surface area (Å²) in [6, 6.07) is 16.8. The molecule has 0 bridgehead atoms. The van der Waals surface area contributed by atoms with Crippen molar-refractivity contribution in [2.75, 3.05) is 33.2 Å². The molecule has 0 aliphatic carbocycles. The maximum Gasteiger partial charge on any atom is 0.173 e. The average molecular weight is 366 g/mol. The van der Waals surface area contributed by atoms with Gasteiger partial charge in [0, 0.05) is 26.2 Å². The van der Waals surface area contributed by atoms with Crippen LogP contribution in [0.1, 0.15) is 23.0 Å². The Balaban J connectivity index is 1.66. The third-order valence-electron chi connectivity index (χ3n) is 5.07. The first-order valence-corrected chi connectivity index (χ1v) is 9.19. The zero-order valence-electron chi connectivity index (χ0n) is 15.4. The van der Waals surface area contributed by atoms with Gasteiger partial charge in [0.05, 0.1) is 12.6 Å². The molecule has 1 atom stereocenters. The van der Waals surface area contributed by atoms with E-state index in [2.05, 4.69) is 44.5 Å². The number of hydrogen-bond donors (Lipinski definition) is 0. The monoisotopic (exact) mass is 366 g/mol. The minimum absolute atomic E-state index is 0.00431. The second-order valence-electron chi connectivity index (χ2n) is 6.97. The highest BCUT2D eigenvalue weighted by Crippen LogP contribution is 2.28. The molecule has 0 radical (unpaired) electrons. The van der Waals surface area contributed by atoms with Crippen LogP contribution in [-0.4, -0.2) is 63.2 Å². The minimum Gasteiger partial charge on any atom is -0.304 e. The largest absolute Gasteiger partial charge is 0.304 e. The standard InChI is InChI=1S/C20H23FN6/c1-25-11-13-26(14-12-25)19(17-5-3-2-4-6-17)20-22-23-24-27(20)15-16-7-9-18(21)10-8-16/h2-10,19H,11-15H2,1H3/t19-/m0/s1. The number of likely N-dealkylation sites (N-methyl/N-ethyl adjacent to an activating group) is 1. The van der Waals surface area contributed by atoms with Crippen LogP contribution >= 0.6 is 0 Å². The molecule has 3 aromatic rings. The van der Waals surface area contributed by atoms with E-state index in [-0.39, 0.29) is 11.9 Å². The molecule has 0 N–H and O–H groups in total. The van der Waals surface area contributed by atoms with E-state index in [1.807, 2.05) is 22.9 Å². The first-order chi connectivity index (χ1) is 13.2. The molecule has 4 rings (SSSR count). The zero-order valence-corrected chi connectivity index (χ0v) is 15.4. The maximum absolute atomic E-state index is 13.2. The van der Waals surface area contributed by atoms with Gasteiger partial charge in [0.25, 0.3) is 0 Å². The molecule has 7 heteroatoms. The van der Waals surface area contributed by atoms with Crippen molar-refractivity contribution in [1.82, 2.24) is 30.0 Å². The van der Waals surface area contributed by atoms with Crippen molar-refractivity contribution in [3.63, 3.8) is 0 Å². The Hall–Kier alpha value is -2.64. The summed E-state index contributed by atoms with van der Waals surface area (Å²) >= 11 is 0. The highest BCUT2D eigenvalue weighted by Gasteiger charge is 2.29. The van der Waals surface area contributed by atoms with Crippen LogP contribution in [0.5, 0.6) is 0 Å². The first kappa shape index (κ1) is 17.8. The maximum atomic E-state index is 13.2. The van der Waals surface area contributed by atoms with Crippen molar-refractivity contribution in [1.29, 1.82) is 0 Å². The fourth-order valence-electron chi connectivity index (χ4n) is 3.52. The number of aromatic nitrogens is 4. The van der Waals surface area contributed by atoms with E-state index < -0.39 is 0 Å². The highest BCUT2D eigenvalue weighted by atomic mass is 19.1. The lowest BCUT2D eigenvalue weighted by Crippen LogP contribution is -2.46. The molecule has 6 nitrogen and oxygen atoms in total. The van der Waals surface area contributed by atoms with Crippen LogP contribution in [0, 0.1) is 5.82 Å². The van der Waals surface area contributed by atoms with Crippen LogP contribution in [0.25, 0.3) is 0 Å². The van der Waals surface area contributed by atoms with E-state index in [0.29, 0.717) is 6.54 Å². The van der Waals surface area contributed by atoms with Crippen LogP contribution in [0.3, 0.4) is 0 Å². The van der Waals surface area contributed by atoms with Gasteiger partial charge in [-0.2, -0.15) is 0 Å². The zero-order chi connectivity index (χ0) is 18.6. The fourth-order valence-corrected chi connectivity index (χ4v) is 3.52. The van der Waals surface area contributed by atoms with Gasteiger partial charge in [0.1, 0.15) is 5.82 Å². The minimum atomic E-state index is -0.240. The van der Waals surface area contributed by atoms with Gasteiger partial charge in [-0.05, 0) is 40.7 Å². The Morgan fingerprint density at radius 3 is 2.37 bits per heavy atom. The normalized spacial score (nSPS) is 17.1. The molecule has 0 spiro atoms. The van der Waals surface area contributed by atoms with Gasteiger partial charge >= 0.3 is 0 Å². The van der Waals surface area contributed by atoms with Gasteiger partial charge in [-0.1, -0.05) is 42.5 Å². The summed E-state index contributed by atoms with van der Waals surface area (Å²) in [5.74, 6) is 0.574. The molecular weight excluding hydrogens is 343 g/mol. The van der Waals surface area contributed by atoms with E-state index in [4.69, 9.17) is 0 Å². The molecule has 2 aromatic carbocycles. The van der Waals surface area contributed by atoms with E-state index in [1.165, 1.54) is 17.7 Å². The first-order valence-electron chi connectivity index (χ1n) is 9.19. The van der Waals surface area contributed by atoms with Crippen LogP contribution in [0.15, 0.2) is 54.6 Å². The molecule has 0 amide bonds. The number of tetrazole rings is 1. The Labute approximate surface area is 158 Å². The lowest BCUT2D eigenvalue weighted by molar-refractivity contribution is 0.121. The summed E-state index contributed by atoms with van der Waals surface area (Å²) in [5.41, 5.74) is 2.15. The summed E-state index contributed by atoms with van der Waals surface area (Å²) in [4.78, 5) is 4.77. The number of benzene rings is 2. The molecule has 27 heavy (non-hydrogen) atoms. The molecule has 1 aliphatic rings. The predicted molar refractivity (Wildman–Crippen MR) is 101 cm³/mol. The number of nitrogens with zero attached hydrogens (tertiary/aromatic N) is 6. The second-order valence-corrected chi connectivity index (χ2v) is 6.97. The molecule has 1 fully saturated rings. The molecule has 1 aromatic heterocycles. The third-order valence-corrected chi connectivity index (χ3v) is 5.07. The lowest BCUT2D eigenvalue weighted by atomic mass is 10.0. The van der Waals surface area contributed by atoms with Gasteiger partial charge in [-0.15, -0.1) is 5.10 Å². The lowest BCUT2D eigenvalue weighted by Gasteiger charge is -2.37. The molecular formula is C20H23FN6. The van der Waals surface area contributed by atoms with Crippen LogP contribution in [0.4, 0.5) is 4.39 Å². The number of piperazine rings is 1. The Bertz CT molecular complexity index is 856. The molecule has 0 saturated carbocycles. The van der Waals surface area contributed by atoms with Crippen molar-refractivity contribution in [2.45, 2.75) is 12.6 Å². The van der Waals surface area contributed by atoms with Crippen molar-refractivity contribution in [3.05, 3.63) is 77.4 Å². The summed E-state index contributed by atoms with van der Waals surface area (Å²) in [5, 5.41) is 12.5. The molecule has 140 valence electrons. The van der Waals surface area contributed by atoms with Gasteiger partial charge < -0.3 is 4.90 Å². The molecule has 1 saturated heterocycles. The summed E-state index contributed by atoms with van der Waals surface area (Å²) in [7, 11) is 2.15. The Kier molecular flexibility index (Phi) is 5.22. The Morgan fingerprint density at radius 1 is 0.963 bits per heavy atom. The van der Waals surface area contributed by atoms with Gasteiger partial charge in [-0.25, -0.2) is 9.07 Å². The van der Waals surface area contributed by atoms with Crippen LogP contribution in [-0.2, 0) is 6.54 Å². The van der Waals surface area contributed by atoms with Crippen molar-refractivity contribution < 1.29 is 4.39 Å². The van der Waals surface area contributed by atoms with Crippen molar-refractivity contribution in [3.8, 4) is 0 Å². The van der Waals surface area contributed by atoms with E-state index in [9.17, 15) is 4.39 Å². The summed E-state index contributed by atoms with van der Waals surface area (Å²) < 4.78 is 15.0. The molecule has 0 unspecified atom stereocenters. The summed E-state index contributed by atoms with van der Waals surface area (Å²) in [6.07, 6.45) is 0. The topological polar surface area (TPSA) is 50.1 Å². The average Bonchev–Trinajstić information content (AvgIpc) is 3.14. The van der Waals surface area contributed by atoms with Gasteiger partial charge in [-0.3, -0.25) is 4.90 Å². The molecule has 1 aliphatic heterocycles.